The highest BCUT2D eigenvalue weighted by Crippen LogP contribution is 2.47. The van der Waals surface area contributed by atoms with Gasteiger partial charge in [-0.05, 0) is 44.4 Å². The van der Waals surface area contributed by atoms with Crippen LogP contribution in [-0.4, -0.2) is 51.5 Å². The van der Waals surface area contributed by atoms with E-state index in [2.05, 4.69) is 29.7 Å². The molecule has 1 aliphatic heterocycles. The maximum absolute atomic E-state index is 13.1. The lowest BCUT2D eigenvalue weighted by molar-refractivity contribution is -0.139. The van der Waals surface area contributed by atoms with E-state index in [1.165, 1.54) is 0 Å². The Kier molecular flexibility index (Phi) is 9.07. The third-order valence-electron chi connectivity index (χ3n) is 6.34. The van der Waals surface area contributed by atoms with Gasteiger partial charge >= 0.3 is 0 Å². The highest BCUT2D eigenvalue weighted by Gasteiger charge is 2.43. The van der Waals surface area contributed by atoms with Crippen LogP contribution in [0.2, 0.25) is 0 Å². The quantitative estimate of drug-likeness (QED) is 0.363. The number of ether oxygens (including phenoxy) is 3. The first-order valence-electron chi connectivity index (χ1n) is 12.1. The van der Waals surface area contributed by atoms with Crippen LogP contribution in [-0.2, 0) is 14.9 Å². The fraction of sp³-hybridized carbons (Fsp3) is 0.481. The van der Waals surface area contributed by atoms with Crippen LogP contribution >= 0.6 is 0 Å². The molecule has 7 nitrogen and oxygen atoms in total. The molecule has 0 unspecified atom stereocenters. The molecule has 2 N–H and O–H groups in total. The third-order valence-corrected chi connectivity index (χ3v) is 6.34. The van der Waals surface area contributed by atoms with Crippen LogP contribution < -0.4 is 15.4 Å². The van der Waals surface area contributed by atoms with Gasteiger partial charge in [-0.15, -0.1) is 0 Å². The summed E-state index contributed by atoms with van der Waals surface area (Å²) < 4.78 is 17.2. The van der Waals surface area contributed by atoms with Crippen LogP contribution in [0.1, 0.15) is 71.9 Å². The summed E-state index contributed by atoms with van der Waals surface area (Å²) in [4.78, 5) is 25.8. The first kappa shape index (κ1) is 25.7. The van der Waals surface area contributed by atoms with Crippen LogP contribution in [0.3, 0.4) is 0 Å². The molecule has 0 bridgehead atoms. The van der Waals surface area contributed by atoms with Crippen molar-refractivity contribution in [3.05, 3.63) is 64.7 Å². The summed E-state index contributed by atoms with van der Waals surface area (Å²) >= 11 is 0. The summed E-state index contributed by atoms with van der Waals surface area (Å²) in [5, 5.41) is 5.65. The SMILES string of the molecule is CCOC(CCCNC(=O)c1cc(C(=O)NC)c2c(c1)[C@](CC)(c1ccccc1)CO2)OCC. The van der Waals surface area contributed by atoms with Gasteiger partial charge in [-0.25, -0.2) is 0 Å². The Balaban J connectivity index is 1.85. The molecule has 2 aromatic rings. The van der Waals surface area contributed by atoms with E-state index in [1.54, 1.807) is 13.1 Å². The number of amides is 2. The minimum Gasteiger partial charge on any atom is -0.491 e. The van der Waals surface area contributed by atoms with Crippen molar-refractivity contribution in [3.63, 3.8) is 0 Å². The van der Waals surface area contributed by atoms with E-state index in [9.17, 15) is 9.59 Å². The Labute approximate surface area is 202 Å². The molecule has 1 heterocycles. The van der Waals surface area contributed by atoms with Gasteiger partial charge in [0.2, 0.25) is 0 Å². The first-order valence-corrected chi connectivity index (χ1v) is 12.1. The minimum absolute atomic E-state index is 0.220. The second kappa shape index (κ2) is 12.0. The standard InChI is InChI=1S/C27H36N2O5/c1-5-27(20-12-9-8-10-13-20)18-34-24-21(26(31)28-4)16-19(17-22(24)27)25(30)29-15-11-14-23(32-6-2)33-7-3/h8-10,12-13,16-17,23H,5-7,11,14-15,18H2,1-4H3,(H,28,31)(H,29,30)/t27-/m0/s1. The van der Waals surface area contributed by atoms with E-state index < -0.39 is 5.41 Å². The lowest BCUT2D eigenvalue weighted by Gasteiger charge is -2.27. The number of hydrogen-bond donors (Lipinski definition) is 2. The number of fused-ring (bicyclic) bond motifs is 1. The summed E-state index contributed by atoms with van der Waals surface area (Å²) in [6.45, 7) is 8.03. The van der Waals surface area contributed by atoms with Gasteiger partial charge in [0.15, 0.2) is 6.29 Å². The number of carbonyl (C=O) groups excluding carboxylic acids is 2. The van der Waals surface area contributed by atoms with Crippen molar-refractivity contribution in [1.82, 2.24) is 10.6 Å². The van der Waals surface area contributed by atoms with Crippen molar-refractivity contribution in [3.8, 4) is 5.75 Å². The molecular formula is C27H36N2O5. The van der Waals surface area contributed by atoms with E-state index in [-0.39, 0.29) is 18.1 Å². The number of nitrogens with one attached hydrogen (secondary N) is 2. The summed E-state index contributed by atoms with van der Waals surface area (Å²) in [7, 11) is 1.58. The summed E-state index contributed by atoms with van der Waals surface area (Å²) in [6.07, 6.45) is 1.92. The average Bonchev–Trinajstić information content (AvgIpc) is 3.26. The summed E-state index contributed by atoms with van der Waals surface area (Å²) in [6, 6.07) is 13.6. The largest absolute Gasteiger partial charge is 0.491 e. The van der Waals surface area contributed by atoms with Gasteiger partial charge in [-0.2, -0.15) is 0 Å². The van der Waals surface area contributed by atoms with Gasteiger partial charge in [0.1, 0.15) is 12.4 Å². The molecule has 184 valence electrons. The Bertz CT molecular complexity index is 972. The van der Waals surface area contributed by atoms with Crippen LogP contribution in [0.4, 0.5) is 0 Å². The lowest BCUT2D eigenvalue weighted by Crippen LogP contribution is -2.30. The molecule has 2 amide bonds. The Hall–Kier alpha value is -2.90. The van der Waals surface area contributed by atoms with Crippen molar-refractivity contribution in [2.45, 2.75) is 51.7 Å². The van der Waals surface area contributed by atoms with Gasteiger partial charge in [0.05, 0.1) is 11.0 Å². The van der Waals surface area contributed by atoms with Gasteiger partial charge in [-0.3, -0.25) is 9.59 Å². The van der Waals surface area contributed by atoms with Crippen molar-refractivity contribution in [2.24, 2.45) is 0 Å². The molecule has 0 aliphatic carbocycles. The van der Waals surface area contributed by atoms with Crippen molar-refractivity contribution in [2.75, 3.05) is 33.4 Å². The second-order valence-corrected chi connectivity index (χ2v) is 8.31. The smallest absolute Gasteiger partial charge is 0.254 e. The normalized spacial score (nSPS) is 16.7. The van der Waals surface area contributed by atoms with Crippen molar-refractivity contribution < 1.29 is 23.8 Å². The van der Waals surface area contributed by atoms with Crippen LogP contribution in [0.15, 0.2) is 42.5 Å². The van der Waals surface area contributed by atoms with Crippen LogP contribution in [0.25, 0.3) is 0 Å². The van der Waals surface area contributed by atoms with Gasteiger partial charge in [0.25, 0.3) is 11.8 Å². The zero-order valence-electron chi connectivity index (χ0n) is 20.6. The molecule has 7 heteroatoms. The van der Waals surface area contributed by atoms with E-state index >= 15 is 0 Å². The van der Waals surface area contributed by atoms with E-state index in [0.29, 0.717) is 49.7 Å². The molecule has 2 aromatic carbocycles. The molecule has 0 fully saturated rings. The number of rotatable bonds is 12. The van der Waals surface area contributed by atoms with Gasteiger partial charge < -0.3 is 24.8 Å². The van der Waals surface area contributed by atoms with Gasteiger partial charge in [-0.1, -0.05) is 37.3 Å². The number of benzene rings is 2. The van der Waals surface area contributed by atoms with Crippen molar-refractivity contribution >= 4 is 11.8 Å². The zero-order chi connectivity index (χ0) is 24.6. The average molecular weight is 469 g/mol. The molecular weight excluding hydrogens is 432 g/mol. The Morgan fingerprint density at radius 2 is 1.76 bits per heavy atom. The fourth-order valence-electron chi connectivity index (χ4n) is 4.50. The maximum atomic E-state index is 13.1. The predicted octanol–water partition coefficient (Wildman–Crippen LogP) is 4.04. The second-order valence-electron chi connectivity index (χ2n) is 8.31. The maximum Gasteiger partial charge on any atom is 0.254 e. The third kappa shape index (κ3) is 5.42. The zero-order valence-corrected chi connectivity index (χ0v) is 20.6. The van der Waals surface area contributed by atoms with E-state index in [1.807, 2.05) is 38.1 Å². The molecule has 0 saturated carbocycles. The number of hydrogen-bond acceptors (Lipinski definition) is 5. The Morgan fingerprint density at radius 1 is 1.06 bits per heavy atom. The molecule has 0 radical (unpaired) electrons. The monoisotopic (exact) mass is 468 g/mol. The lowest BCUT2D eigenvalue weighted by atomic mass is 9.73. The van der Waals surface area contributed by atoms with Crippen molar-refractivity contribution in [1.29, 1.82) is 0 Å². The highest BCUT2D eigenvalue weighted by molar-refractivity contribution is 6.02. The predicted molar refractivity (Wildman–Crippen MR) is 131 cm³/mol. The molecule has 0 saturated heterocycles. The number of carbonyl (C=O) groups is 2. The topological polar surface area (TPSA) is 85.9 Å². The molecule has 1 aliphatic rings. The molecule has 3 rings (SSSR count). The fourth-order valence-corrected chi connectivity index (χ4v) is 4.50. The highest BCUT2D eigenvalue weighted by atomic mass is 16.7. The van der Waals surface area contributed by atoms with E-state index in [4.69, 9.17) is 14.2 Å². The summed E-state index contributed by atoms with van der Waals surface area (Å²) in [5.41, 5.74) is 2.39. The molecule has 1 atom stereocenters. The van der Waals surface area contributed by atoms with Crippen LogP contribution in [0.5, 0.6) is 5.75 Å². The molecule has 0 aromatic heterocycles. The van der Waals surface area contributed by atoms with Crippen LogP contribution in [0, 0.1) is 0 Å². The Morgan fingerprint density at radius 3 is 2.38 bits per heavy atom. The first-order chi connectivity index (χ1) is 16.5. The minimum atomic E-state index is -0.419. The molecule has 34 heavy (non-hydrogen) atoms. The van der Waals surface area contributed by atoms with E-state index in [0.717, 1.165) is 24.0 Å². The summed E-state index contributed by atoms with van der Waals surface area (Å²) in [5.74, 6) is 0.0577. The molecule has 0 spiro atoms. The van der Waals surface area contributed by atoms with Gasteiger partial charge in [0, 0.05) is 44.4 Å².